The molecule has 0 saturated carbocycles. The molecule has 3 unspecified atom stereocenters. The lowest BCUT2D eigenvalue weighted by atomic mass is 10.1. The van der Waals surface area contributed by atoms with E-state index in [4.69, 9.17) is 40.0 Å². The molecule has 3 aliphatic heterocycles. The van der Waals surface area contributed by atoms with E-state index < -0.39 is 29.4 Å². The van der Waals surface area contributed by atoms with E-state index in [1.807, 2.05) is 53.4 Å². The number of benzene rings is 2. The molecule has 2 aromatic carbocycles. The first-order valence-electron chi connectivity index (χ1n) is 29.3. The smallest absolute Gasteiger partial charge is 0.410 e. The first kappa shape index (κ1) is 81.6. The Labute approximate surface area is 535 Å². The molecule has 0 spiro atoms. The van der Waals surface area contributed by atoms with E-state index in [9.17, 15) is 53.1 Å². The minimum Gasteiger partial charge on any atom is -0.497 e. The summed E-state index contributed by atoms with van der Waals surface area (Å²) in [7, 11) is 3.27. The molecule has 5 rings (SSSR count). The monoisotopic (exact) mass is 1330 g/mol. The van der Waals surface area contributed by atoms with Crippen LogP contribution >= 0.6 is 27.5 Å². The topological polar surface area (TPSA) is 266 Å². The summed E-state index contributed by atoms with van der Waals surface area (Å²) in [6.45, 7) is 24.8. The lowest BCUT2D eigenvalue weighted by molar-refractivity contribution is -0.148. The Morgan fingerprint density at radius 3 is 1.24 bits per heavy atom. The van der Waals surface area contributed by atoms with Gasteiger partial charge < -0.3 is 48.2 Å². The average Bonchev–Trinajstić information content (AvgIpc) is 2.70. The Balaban J connectivity index is 0.00000114. The first-order chi connectivity index (χ1) is 40.8. The van der Waals surface area contributed by atoms with Crippen LogP contribution in [-0.4, -0.2) is 227 Å². The second kappa shape index (κ2) is 42.5. The molecule has 0 radical (unpaired) electrons. The predicted octanol–water partition coefficient (Wildman–Crippen LogP) is 7.93. The molecule has 23 nitrogen and oxygen atoms in total. The SMILES string of the molecule is C.CC(=O)N1CCN(C(=O)OC(C)(C)C)C(CO)C1.CCC(=O)Cl.CCC(=O)OCC1CN(C(C)=O)CCN1C(=O)OC(C)(C)C.CCC(=O)OCC1CN(C(C)=O)CCN1CC(=O)CCc1ccc(OC)cc1.COc1ccc(CCC(=O)CBr)cc1. The summed E-state index contributed by atoms with van der Waals surface area (Å²) < 4.78 is 31.3. The van der Waals surface area contributed by atoms with Crippen molar-refractivity contribution in [3.8, 4) is 11.5 Å². The predicted molar refractivity (Wildman–Crippen MR) is 339 cm³/mol. The summed E-state index contributed by atoms with van der Waals surface area (Å²) in [5.74, 6) is 1.31. The van der Waals surface area contributed by atoms with Gasteiger partial charge in [-0.3, -0.25) is 53.1 Å². The molecule has 0 aromatic heterocycles. The number of nitrogens with zero attached hydrogens (tertiary/aromatic N) is 6. The Kier molecular flexibility index (Phi) is 39.5. The number of aliphatic hydroxyl groups excluding tert-OH is 1. The number of carbonyl (C=O) groups is 10. The van der Waals surface area contributed by atoms with Crippen LogP contribution in [0.4, 0.5) is 9.59 Å². The second-order valence-corrected chi connectivity index (χ2v) is 23.5. The number of methoxy groups -OCH3 is 2. The van der Waals surface area contributed by atoms with Crippen LogP contribution in [0.1, 0.15) is 134 Å². The van der Waals surface area contributed by atoms with Gasteiger partial charge in [0.1, 0.15) is 47.5 Å². The Bertz CT molecular complexity index is 2490. The minimum atomic E-state index is -0.598. The van der Waals surface area contributed by atoms with Gasteiger partial charge in [0.25, 0.3) is 0 Å². The number of esters is 2. The molecule has 1 N–H and O–H groups in total. The van der Waals surface area contributed by atoms with Gasteiger partial charge in [-0.15, -0.1) is 0 Å². The molecule has 2 aromatic rings. The number of hydrogen-bond donors (Lipinski definition) is 1. The number of ketones is 2. The van der Waals surface area contributed by atoms with Crippen molar-refractivity contribution in [2.24, 2.45) is 0 Å². The fraction of sp³-hybridized carbons (Fsp3) is 0.651. The minimum absolute atomic E-state index is 0. The maximum Gasteiger partial charge on any atom is 0.410 e. The molecule has 88 heavy (non-hydrogen) atoms. The van der Waals surface area contributed by atoms with Gasteiger partial charge in [-0.2, -0.15) is 0 Å². The number of hydrogen-bond acceptors (Lipinski definition) is 18. The largest absolute Gasteiger partial charge is 0.497 e. The summed E-state index contributed by atoms with van der Waals surface area (Å²) in [6, 6.07) is 14.6. The van der Waals surface area contributed by atoms with E-state index in [1.54, 1.807) is 91.2 Å². The van der Waals surface area contributed by atoms with E-state index in [0.717, 1.165) is 23.5 Å². The van der Waals surface area contributed by atoms with Crippen LogP contribution in [0.5, 0.6) is 11.5 Å². The van der Waals surface area contributed by atoms with E-state index in [1.165, 1.54) is 36.1 Å². The van der Waals surface area contributed by atoms with Crippen molar-refractivity contribution in [2.75, 3.05) is 105 Å². The molecular formula is C63H100BrClN6O17. The normalized spacial score (nSPS) is 16.5. The lowest BCUT2D eigenvalue weighted by Gasteiger charge is -2.41. The molecule has 3 atom stereocenters. The highest BCUT2D eigenvalue weighted by Gasteiger charge is 2.36. The summed E-state index contributed by atoms with van der Waals surface area (Å²) in [5, 5.41) is 9.50. The Morgan fingerprint density at radius 1 is 0.545 bits per heavy atom. The van der Waals surface area contributed by atoms with Gasteiger partial charge in [-0.1, -0.05) is 68.4 Å². The number of ether oxygens (including phenoxy) is 6. The van der Waals surface area contributed by atoms with Gasteiger partial charge in [0, 0.05) is 112 Å². The number of amides is 5. The van der Waals surface area contributed by atoms with Crippen LogP contribution in [0.15, 0.2) is 48.5 Å². The third-order valence-corrected chi connectivity index (χ3v) is 14.2. The zero-order chi connectivity index (χ0) is 66.0. The third-order valence-electron chi connectivity index (χ3n) is 13.3. The van der Waals surface area contributed by atoms with Gasteiger partial charge in [-0.05, 0) is 101 Å². The Morgan fingerprint density at radius 2 is 0.898 bits per heavy atom. The van der Waals surface area contributed by atoms with Gasteiger partial charge in [-0.25, -0.2) is 9.59 Å². The number of Topliss-reactive ketones (excluding diaryl/α,β-unsaturated/α-hetero) is 2. The number of aliphatic hydroxyl groups is 1. The van der Waals surface area contributed by atoms with Crippen LogP contribution in [-0.2, 0) is 70.1 Å². The highest BCUT2D eigenvalue weighted by atomic mass is 79.9. The summed E-state index contributed by atoms with van der Waals surface area (Å²) in [4.78, 5) is 125. The molecule has 498 valence electrons. The van der Waals surface area contributed by atoms with Crippen molar-refractivity contribution >= 4 is 86.2 Å². The van der Waals surface area contributed by atoms with Crippen molar-refractivity contribution in [1.82, 2.24) is 29.4 Å². The maximum atomic E-state index is 12.5. The Hall–Kier alpha value is -6.37. The molecular weight excluding hydrogens is 1230 g/mol. The molecule has 0 bridgehead atoms. The number of carbonyl (C=O) groups excluding carboxylic acids is 10. The second-order valence-electron chi connectivity index (χ2n) is 22.5. The maximum absolute atomic E-state index is 12.5. The standard InChI is InChI=1S/C21H30N2O5.C15H26N2O5.C12H22N2O4.C11H13BrO2.C3H5ClO.CH4/c1-4-21(26)28-15-18-13-22(16(2)24)11-12-23(18)14-19(25)8-5-17-6-9-20(27-3)10-7-17;1-6-13(19)21-10-12-9-16(11(2)18)7-8-17(12)14(20)22-15(3,4)5;1-9(16)13-5-6-14(10(7-13)8-15)11(17)18-12(2,3)4;1-14-11-6-3-9(4-7-11)2-5-10(13)8-12;1-2-3(4)5;/h6-7,9-10,18H,4-5,8,11-15H2,1-3H3;12H,6-10H2,1-5H3;10,15H,5-8H2,1-4H3;3-4,6-7H,2,5,8H2,1H3;2H2,1H3;1H4. The van der Waals surface area contributed by atoms with Crippen LogP contribution in [0.2, 0.25) is 0 Å². The summed E-state index contributed by atoms with van der Waals surface area (Å²) >= 11 is 7.96. The lowest BCUT2D eigenvalue weighted by Crippen LogP contribution is -2.58. The number of aryl methyl sites for hydroxylation is 2. The van der Waals surface area contributed by atoms with Crippen LogP contribution in [0.25, 0.3) is 0 Å². The first-order valence-corrected chi connectivity index (χ1v) is 30.8. The zero-order valence-electron chi connectivity index (χ0n) is 53.6. The third kappa shape index (κ3) is 33.8. The molecule has 5 amide bonds. The molecule has 3 saturated heterocycles. The van der Waals surface area contributed by atoms with Crippen LogP contribution < -0.4 is 9.47 Å². The molecule has 3 fully saturated rings. The van der Waals surface area contributed by atoms with Crippen LogP contribution in [0.3, 0.4) is 0 Å². The molecule has 3 aliphatic rings. The average molecular weight is 1330 g/mol. The van der Waals surface area contributed by atoms with Crippen LogP contribution in [0, 0.1) is 0 Å². The van der Waals surface area contributed by atoms with Crippen molar-refractivity contribution in [3.05, 3.63) is 59.7 Å². The van der Waals surface area contributed by atoms with Crippen molar-refractivity contribution in [3.63, 3.8) is 0 Å². The van der Waals surface area contributed by atoms with E-state index in [2.05, 4.69) is 15.9 Å². The number of rotatable bonds is 19. The van der Waals surface area contributed by atoms with Gasteiger partial charge in [0.2, 0.25) is 23.0 Å². The molecule has 0 aliphatic carbocycles. The zero-order valence-corrected chi connectivity index (χ0v) is 56.0. The van der Waals surface area contributed by atoms with E-state index >= 15 is 0 Å². The molecule has 25 heteroatoms. The van der Waals surface area contributed by atoms with Gasteiger partial charge in [0.05, 0.1) is 50.8 Å². The van der Waals surface area contributed by atoms with Crippen molar-refractivity contribution < 1.29 is 81.5 Å². The summed E-state index contributed by atoms with van der Waals surface area (Å²) in [6.07, 6.45) is 2.64. The fourth-order valence-corrected chi connectivity index (χ4v) is 8.64. The number of halogens is 2. The highest BCUT2D eigenvalue weighted by Crippen LogP contribution is 2.20. The number of piperazine rings is 3. The summed E-state index contributed by atoms with van der Waals surface area (Å²) in [5.41, 5.74) is 1.10. The highest BCUT2D eigenvalue weighted by molar-refractivity contribution is 9.09. The fourth-order valence-electron chi connectivity index (χ4n) is 8.36. The molecule has 3 heterocycles. The van der Waals surface area contributed by atoms with E-state index in [0.29, 0.717) is 103 Å². The quantitative estimate of drug-likeness (QED) is 0.0605. The van der Waals surface area contributed by atoms with Crippen molar-refractivity contribution in [1.29, 1.82) is 0 Å². The number of alkyl halides is 1. The van der Waals surface area contributed by atoms with Crippen molar-refractivity contribution in [2.45, 2.75) is 165 Å². The van der Waals surface area contributed by atoms with Gasteiger partial charge >= 0.3 is 24.1 Å². The van der Waals surface area contributed by atoms with E-state index in [-0.39, 0.29) is 92.2 Å². The van der Waals surface area contributed by atoms with Gasteiger partial charge in [0.15, 0.2) is 0 Å².